The number of rotatable bonds is 3. The average Bonchev–Trinajstić information content (AvgIpc) is 2.51. The number of hydrogen-bond donors (Lipinski definition) is 1. The van der Waals surface area contributed by atoms with Crippen molar-refractivity contribution < 1.29 is 9.53 Å². The fraction of sp³-hybridized carbons (Fsp3) is 0.900. The number of carbonyl (C=O) groups excluding carboxylic acids is 1. The van der Waals surface area contributed by atoms with Crippen LogP contribution < -0.4 is 5.73 Å². The summed E-state index contributed by atoms with van der Waals surface area (Å²) in [6.45, 7) is 5.15. The topological polar surface area (TPSA) is 55.6 Å². The van der Waals surface area contributed by atoms with Crippen molar-refractivity contribution in [3.8, 4) is 0 Å². The Kier molecular flexibility index (Phi) is 3.50. The predicted molar refractivity (Wildman–Crippen MR) is 54.9 cm³/mol. The summed E-state index contributed by atoms with van der Waals surface area (Å²) in [6, 6.07) is 0.241. The van der Waals surface area contributed by atoms with Crippen molar-refractivity contribution in [2.45, 2.75) is 38.3 Å². The molecule has 14 heavy (non-hydrogen) atoms. The normalized spacial score (nSPS) is 22.4. The number of nitrogens with two attached hydrogens (primary N) is 1. The first-order chi connectivity index (χ1) is 6.40. The van der Waals surface area contributed by atoms with Crippen LogP contribution in [0.4, 0.5) is 0 Å². The average molecular weight is 200 g/mol. The molecule has 1 heterocycles. The summed E-state index contributed by atoms with van der Waals surface area (Å²) in [4.78, 5) is 13.5. The van der Waals surface area contributed by atoms with Crippen molar-refractivity contribution in [2.24, 2.45) is 5.73 Å². The van der Waals surface area contributed by atoms with E-state index in [0.717, 1.165) is 13.0 Å². The third-order valence-corrected chi connectivity index (χ3v) is 2.45. The molecule has 2 N–H and O–H groups in total. The highest BCUT2D eigenvalue weighted by atomic mass is 16.5. The fourth-order valence-electron chi connectivity index (χ4n) is 1.55. The highest BCUT2D eigenvalue weighted by Crippen LogP contribution is 2.14. The molecular weight excluding hydrogens is 180 g/mol. The Hall–Kier alpha value is -0.610. The second-order valence-electron chi connectivity index (χ2n) is 4.69. The molecule has 0 spiro atoms. The molecule has 82 valence electrons. The molecule has 1 saturated heterocycles. The van der Waals surface area contributed by atoms with Crippen LogP contribution in [-0.2, 0) is 9.53 Å². The third kappa shape index (κ3) is 3.27. The summed E-state index contributed by atoms with van der Waals surface area (Å²) in [5, 5.41) is 0. The van der Waals surface area contributed by atoms with Gasteiger partial charge in [0.2, 0.25) is 5.91 Å². The zero-order chi connectivity index (χ0) is 10.8. The van der Waals surface area contributed by atoms with E-state index in [1.165, 1.54) is 0 Å². The van der Waals surface area contributed by atoms with E-state index in [4.69, 9.17) is 10.5 Å². The van der Waals surface area contributed by atoms with Gasteiger partial charge in [0.25, 0.3) is 0 Å². The number of amides is 1. The first-order valence-electron chi connectivity index (χ1n) is 5.02. The second-order valence-corrected chi connectivity index (χ2v) is 4.69. The van der Waals surface area contributed by atoms with E-state index >= 15 is 0 Å². The fourth-order valence-corrected chi connectivity index (χ4v) is 1.55. The molecule has 0 bridgehead atoms. The molecule has 0 radical (unpaired) electrons. The SMILES string of the molecule is CN(C(=O)CC(C)(C)N)C1CCOC1. The molecule has 4 nitrogen and oxygen atoms in total. The van der Waals surface area contributed by atoms with Gasteiger partial charge in [0.15, 0.2) is 0 Å². The Morgan fingerprint density at radius 1 is 1.64 bits per heavy atom. The van der Waals surface area contributed by atoms with Crippen molar-refractivity contribution in [3.63, 3.8) is 0 Å². The summed E-state index contributed by atoms with van der Waals surface area (Å²) in [5.41, 5.74) is 5.37. The van der Waals surface area contributed by atoms with Crippen LogP contribution >= 0.6 is 0 Å². The summed E-state index contributed by atoms with van der Waals surface area (Å²) >= 11 is 0. The first kappa shape index (κ1) is 11.5. The van der Waals surface area contributed by atoms with Gasteiger partial charge in [0.05, 0.1) is 12.6 Å². The number of ether oxygens (including phenoxy) is 1. The molecule has 0 aromatic heterocycles. The lowest BCUT2D eigenvalue weighted by atomic mass is 10.0. The molecule has 1 fully saturated rings. The minimum absolute atomic E-state index is 0.105. The Bertz CT molecular complexity index is 205. The van der Waals surface area contributed by atoms with Gasteiger partial charge in [0, 0.05) is 25.6 Å². The lowest BCUT2D eigenvalue weighted by molar-refractivity contribution is -0.133. The van der Waals surface area contributed by atoms with Crippen LogP contribution in [0.15, 0.2) is 0 Å². The van der Waals surface area contributed by atoms with Crippen LogP contribution in [0.1, 0.15) is 26.7 Å². The predicted octanol–water partition coefficient (Wildman–Crippen LogP) is 0.361. The Balaban J connectivity index is 2.43. The van der Waals surface area contributed by atoms with Crippen LogP contribution in [0, 0.1) is 0 Å². The van der Waals surface area contributed by atoms with Gasteiger partial charge in [-0.05, 0) is 20.3 Å². The van der Waals surface area contributed by atoms with Gasteiger partial charge in [-0.3, -0.25) is 4.79 Å². The maximum atomic E-state index is 11.7. The van der Waals surface area contributed by atoms with Gasteiger partial charge in [0.1, 0.15) is 0 Å². The third-order valence-electron chi connectivity index (χ3n) is 2.45. The summed E-state index contributed by atoms with van der Waals surface area (Å²) in [6.07, 6.45) is 1.33. The maximum Gasteiger partial charge on any atom is 0.224 e. The Morgan fingerprint density at radius 3 is 2.71 bits per heavy atom. The molecule has 1 amide bonds. The molecule has 0 saturated carbocycles. The molecule has 1 atom stereocenters. The summed E-state index contributed by atoms with van der Waals surface area (Å²) in [7, 11) is 1.83. The minimum Gasteiger partial charge on any atom is -0.379 e. The first-order valence-corrected chi connectivity index (χ1v) is 5.02. The maximum absolute atomic E-state index is 11.7. The smallest absolute Gasteiger partial charge is 0.224 e. The van der Waals surface area contributed by atoms with E-state index in [9.17, 15) is 4.79 Å². The molecule has 0 aromatic rings. The van der Waals surface area contributed by atoms with E-state index in [1.54, 1.807) is 4.90 Å². The molecule has 0 aliphatic carbocycles. The molecule has 1 aliphatic heterocycles. The zero-order valence-corrected chi connectivity index (χ0v) is 9.25. The zero-order valence-electron chi connectivity index (χ0n) is 9.25. The largest absolute Gasteiger partial charge is 0.379 e. The van der Waals surface area contributed by atoms with Crippen molar-refractivity contribution in [2.75, 3.05) is 20.3 Å². The minimum atomic E-state index is -0.426. The Labute approximate surface area is 85.4 Å². The van der Waals surface area contributed by atoms with Crippen molar-refractivity contribution in [1.29, 1.82) is 0 Å². The van der Waals surface area contributed by atoms with Gasteiger partial charge in [-0.1, -0.05) is 0 Å². The highest BCUT2D eigenvalue weighted by Gasteiger charge is 2.26. The van der Waals surface area contributed by atoms with Gasteiger partial charge in [-0.2, -0.15) is 0 Å². The molecule has 1 rings (SSSR count). The van der Waals surface area contributed by atoms with E-state index in [0.29, 0.717) is 13.0 Å². The molecule has 0 aromatic carbocycles. The van der Waals surface area contributed by atoms with Crippen LogP contribution in [0.3, 0.4) is 0 Å². The van der Waals surface area contributed by atoms with Gasteiger partial charge >= 0.3 is 0 Å². The van der Waals surface area contributed by atoms with E-state index in [2.05, 4.69) is 0 Å². The molecule has 4 heteroatoms. The number of likely N-dealkylation sites (N-methyl/N-ethyl adjacent to an activating group) is 1. The van der Waals surface area contributed by atoms with Crippen LogP contribution in [-0.4, -0.2) is 42.6 Å². The quantitative estimate of drug-likeness (QED) is 0.715. The van der Waals surface area contributed by atoms with Crippen molar-refractivity contribution in [3.05, 3.63) is 0 Å². The number of nitrogens with zero attached hydrogens (tertiary/aromatic N) is 1. The number of carbonyl (C=O) groups is 1. The molecule has 1 unspecified atom stereocenters. The second kappa shape index (κ2) is 4.28. The summed E-state index contributed by atoms with van der Waals surface area (Å²) in [5.74, 6) is 0.105. The lowest BCUT2D eigenvalue weighted by Gasteiger charge is -2.27. The van der Waals surface area contributed by atoms with Crippen LogP contribution in [0.2, 0.25) is 0 Å². The van der Waals surface area contributed by atoms with E-state index < -0.39 is 5.54 Å². The van der Waals surface area contributed by atoms with Crippen molar-refractivity contribution >= 4 is 5.91 Å². The molecular formula is C10H20N2O2. The van der Waals surface area contributed by atoms with E-state index in [1.807, 2.05) is 20.9 Å². The van der Waals surface area contributed by atoms with Gasteiger partial charge in [-0.25, -0.2) is 0 Å². The highest BCUT2D eigenvalue weighted by molar-refractivity contribution is 5.77. The van der Waals surface area contributed by atoms with Crippen LogP contribution in [0.25, 0.3) is 0 Å². The van der Waals surface area contributed by atoms with Crippen molar-refractivity contribution in [1.82, 2.24) is 4.90 Å². The van der Waals surface area contributed by atoms with Gasteiger partial charge in [-0.15, -0.1) is 0 Å². The monoisotopic (exact) mass is 200 g/mol. The standard InChI is InChI=1S/C10H20N2O2/c1-10(2,11)6-9(13)12(3)8-4-5-14-7-8/h8H,4-7,11H2,1-3H3. The van der Waals surface area contributed by atoms with E-state index in [-0.39, 0.29) is 11.9 Å². The van der Waals surface area contributed by atoms with Crippen LogP contribution in [0.5, 0.6) is 0 Å². The van der Waals surface area contributed by atoms with Gasteiger partial charge < -0.3 is 15.4 Å². The summed E-state index contributed by atoms with van der Waals surface area (Å²) < 4.78 is 5.23. The lowest BCUT2D eigenvalue weighted by Crippen LogP contribution is -2.43. The Morgan fingerprint density at radius 2 is 2.29 bits per heavy atom. The number of hydrogen-bond acceptors (Lipinski definition) is 3. The molecule has 1 aliphatic rings.